The first kappa shape index (κ1) is 30.1. The largest absolute Gasteiger partial charge is 0.480 e. The molecular formula is C33H43N3O3. The van der Waals surface area contributed by atoms with Gasteiger partial charge in [-0.05, 0) is 101 Å². The van der Waals surface area contributed by atoms with Gasteiger partial charge in [-0.1, -0.05) is 60.7 Å². The van der Waals surface area contributed by atoms with Crippen LogP contribution in [0.5, 0.6) is 0 Å². The molecule has 1 atom stereocenters. The third-order valence-electron chi connectivity index (χ3n) is 7.28. The predicted molar refractivity (Wildman–Crippen MR) is 159 cm³/mol. The minimum atomic E-state index is -1.04. The lowest BCUT2D eigenvalue weighted by molar-refractivity contribution is -0.139. The van der Waals surface area contributed by atoms with Crippen LogP contribution in [0, 0.1) is 6.92 Å². The van der Waals surface area contributed by atoms with E-state index in [1.165, 1.54) is 5.56 Å². The number of aryl methyl sites for hydroxylation is 1. The Kier molecular flexibility index (Phi) is 10.4. The van der Waals surface area contributed by atoms with Crippen LogP contribution >= 0.6 is 0 Å². The molecule has 39 heavy (non-hydrogen) atoms. The van der Waals surface area contributed by atoms with Gasteiger partial charge >= 0.3 is 5.97 Å². The molecule has 6 heteroatoms. The summed E-state index contributed by atoms with van der Waals surface area (Å²) < 4.78 is 0. The normalized spacial score (nSPS) is 12.5. The third-order valence-corrected chi connectivity index (χ3v) is 7.28. The molecule has 0 heterocycles. The highest BCUT2D eigenvalue weighted by molar-refractivity contribution is 6.02. The molecule has 6 nitrogen and oxygen atoms in total. The topological polar surface area (TPSA) is 81.7 Å². The fourth-order valence-electron chi connectivity index (χ4n) is 5.26. The van der Waals surface area contributed by atoms with Gasteiger partial charge in [0.15, 0.2) is 0 Å². The van der Waals surface area contributed by atoms with Crippen LogP contribution in [-0.2, 0) is 17.8 Å². The summed E-state index contributed by atoms with van der Waals surface area (Å²) in [5.74, 6) is -1.42. The van der Waals surface area contributed by atoms with Gasteiger partial charge in [0.1, 0.15) is 6.04 Å². The molecule has 0 saturated heterocycles. The van der Waals surface area contributed by atoms with Gasteiger partial charge in [-0.15, -0.1) is 0 Å². The zero-order chi connectivity index (χ0) is 28.6. The maximum absolute atomic E-state index is 13.4. The summed E-state index contributed by atoms with van der Waals surface area (Å²) in [5.41, 5.74) is 5.60. The van der Waals surface area contributed by atoms with Crippen LogP contribution in [0.15, 0.2) is 72.8 Å². The first-order valence-electron chi connectivity index (χ1n) is 13.7. The van der Waals surface area contributed by atoms with Gasteiger partial charge in [-0.2, -0.15) is 0 Å². The van der Waals surface area contributed by atoms with Gasteiger partial charge in [-0.3, -0.25) is 9.69 Å². The maximum Gasteiger partial charge on any atom is 0.326 e. The number of hydrogen-bond donors (Lipinski definition) is 3. The molecule has 0 spiro atoms. The van der Waals surface area contributed by atoms with E-state index < -0.39 is 12.0 Å². The highest BCUT2D eigenvalue weighted by Gasteiger charge is 2.30. The zero-order valence-corrected chi connectivity index (χ0v) is 24.1. The van der Waals surface area contributed by atoms with E-state index in [4.69, 9.17) is 0 Å². The number of benzene rings is 3. The number of rotatable bonds is 13. The van der Waals surface area contributed by atoms with Gasteiger partial charge in [0.05, 0.1) is 0 Å². The van der Waals surface area contributed by atoms with E-state index in [1.54, 1.807) is 7.05 Å². The lowest BCUT2D eigenvalue weighted by atomic mass is 9.90. The van der Waals surface area contributed by atoms with Crippen LogP contribution in [-0.4, -0.2) is 53.1 Å². The van der Waals surface area contributed by atoms with Crippen LogP contribution in [0.25, 0.3) is 11.1 Å². The molecule has 0 bridgehead atoms. The zero-order valence-electron chi connectivity index (χ0n) is 24.1. The Labute approximate surface area is 233 Å². The van der Waals surface area contributed by atoms with Crippen LogP contribution in [0.4, 0.5) is 0 Å². The Hall–Kier alpha value is -3.48. The summed E-state index contributed by atoms with van der Waals surface area (Å²) in [6, 6.07) is 23.8. The number of nitrogens with zero attached hydrogens (tertiary/aromatic N) is 1. The number of carboxylic acids is 1. The Bertz CT molecular complexity index is 1250. The highest BCUT2D eigenvalue weighted by Crippen LogP contribution is 2.31. The smallest absolute Gasteiger partial charge is 0.326 e. The number of hydrogen-bond acceptors (Lipinski definition) is 4. The van der Waals surface area contributed by atoms with Crippen molar-refractivity contribution in [2.75, 3.05) is 13.6 Å². The average Bonchev–Trinajstić information content (AvgIpc) is 2.89. The minimum Gasteiger partial charge on any atom is -0.480 e. The molecule has 1 amide bonds. The summed E-state index contributed by atoms with van der Waals surface area (Å²) in [6.07, 6.45) is 1.22. The maximum atomic E-state index is 13.4. The van der Waals surface area contributed by atoms with Gasteiger partial charge < -0.3 is 15.7 Å². The number of carbonyl (C=O) groups is 2. The quantitative estimate of drug-likeness (QED) is 0.265. The highest BCUT2D eigenvalue weighted by atomic mass is 16.4. The molecule has 3 N–H and O–H groups in total. The van der Waals surface area contributed by atoms with E-state index in [0.717, 1.165) is 35.2 Å². The first-order chi connectivity index (χ1) is 18.5. The second kappa shape index (κ2) is 13.5. The van der Waals surface area contributed by atoms with Crippen LogP contribution in [0.1, 0.15) is 61.2 Å². The van der Waals surface area contributed by atoms with Crippen molar-refractivity contribution in [3.63, 3.8) is 0 Å². The Morgan fingerprint density at radius 1 is 0.923 bits per heavy atom. The lowest BCUT2D eigenvalue weighted by Crippen LogP contribution is -2.48. The fraction of sp³-hybridized carbons (Fsp3) is 0.394. The van der Waals surface area contributed by atoms with E-state index in [2.05, 4.69) is 73.6 Å². The van der Waals surface area contributed by atoms with Crippen molar-refractivity contribution in [3.8, 4) is 11.1 Å². The van der Waals surface area contributed by atoms with E-state index in [9.17, 15) is 14.7 Å². The van der Waals surface area contributed by atoms with Gasteiger partial charge in [-0.25, -0.2) is 4.79 Å². The molecule has 0 aliphatic rings. The van der Waals surface area contributed by atoms with Gasteiger partial charge in [0, 0.05) is 23.7 Å². The number of aliphatic carboxylic acids is 1. The van der Waals surface area contributed by atoms with Crippen molar-refractivity contribution in [1.82, 2.24) is 15.5 Å². The standard InChI is InChI=1S/C33H43N3O3/c1-23(2)36(33(4,5)21-25-13-8-7-9-14-25)22-26-16-17-28(29(20-26)27-15-11-10-12-24(27)3)31(37)35-30(32(38)39)18-19-34-6/h7-17,20,23,30,34H,18-19,21-22H2,1-6H3,(H,35,37)(H,38,39). The molecule has 0 fully saturated rings. The Morgan fingerprint density at radius 3 is 2.21 bits per heavy atom. The molecule has 3 rings (SSSR count). The van der Waals surface area contributed by atoms with Crippen LogP contribution in [0.3, 0.4) is 0 Å². The van der Waals surface area contributed by atoms with Crippen molar-refractivity contribution in [2.45, 2.75) is 71.6 Å². The molecule has 0 aromatic heterocycles. The van der Waals surface area contributed by atoms with Gasteiger partial charge in [0.2, 0.25) is 0 Å². The monoisotopic (exact) mass is 529 g/mol. The second-order valence-electron chi connectivity index (χ2n) is 11.1. The van der Waals surface area contributed by atoms with Gasteiger partial charge in [0.25, 0.3) is 5.91 Å². The van der Waals surface area contributed by atoms with E-state index in [-0.39, 0.29) is 11.4 Å². The number of carbonyl (C=O) groups excluding carboxylic acids is 1. The second-order valence-corrected chi connectivity index (χ2v) is 11.1. The number of amides is 1. The number of nitrogens with one attached hydrogen (secondary N) is 2. The van der Waals surface area contributed by atoms with Crippen molar-refractivity contribution in [3.05, 3.63) is 95.1 Å². The third kappa shape index (κ3) is 8.01. The molecular weight excluding hydrogens is 486 g/mol. The Balaban J connectivity index is 1.98. The number of carboxylic acid groups (broad SMARTS) is 1. The molecule has 0 aliphatic heterocycles. The first-order valence-corrected chi connectivity index (χ1v) is 13.7. The average molecular weight is 530 g/mol. The molecule has 3 aromatic rings. The molecule has 0 aliphatic carbocycles. The summed E-state index contributed by atoms with van der Waals surface area (Å²) >= 11 is 0. The molecule has 3 aromatic carbocycles. The Morgan fingerprint density at radius 2 is 1.59 bits per heavy atom. The van der Waals surface area contributed by atoms with Crippen LogP contribution < -0.4 is 10.6 Å². The molecule has 208 valence electrons. The summed E-state index contributed by atoms with van der Waals surface area (Å²) in [7, 11) is 1.76. The molecule has 0 radical (unpaired) electrons. The van der Waals surface area contributed by atoms with Crippen LogP contribution in [0.2, 0.25) is 0 Å². The van der Waals surface area contributed by atoms with Crippen molar-refractivity contribution >= 4 is 11.9 Å². The summed E-state index contributed by atoms with van der Waals surface area (Å²) in [4.78, 5) is 27.7. The van der Waals surface area contributed by atoms with E-state index in [0.29, 0.717) is 24.6 Å². The van der Waals surface area contributed by atoms with E-state index in [1.807, 2.05) is 49.4 Å². The molecule has 1 unspecified atom stereocenters. The van der Waals surface area contributed by atoms with Crippen molar-refractivity contribution < 1.29 is 14.7 Å². The summed E-state index contributed by atoms with van der Waals surface area (Å²) in [6.45, 7) is 12.2. The van der Waals surface area contributed by atoms with E-state index >= 15 is 0 Å². The minimum absolute atomic E-state index is 0.101. The summed E-state index contributed by atoms with van der Waals surface area (Å²) in [5, 5.41) is 15.3. The molecule has 0 saturated carbocycles. The fourth-order valence-corrected chi connectivity index (χ4v) is 5.26. The lowest BCUT2D eigenvalue weighted by Gasteiger charge is -2.42. The SMILES string of the molecule is CNCCC(NC(=O)c1ccc(CN(C(C)C)C(C)(C)Cc2ccccc2)cc1-c1ccccc1C)C(=O)O. The van der Waals surface area contributed by atoms with Crippen molar-refractivity contribution in [2.24, 2.45) is 0 Å². The van der Waals surface area contributed by atoms with Crippen molar-refractivity contribution in [1.29, 1.82) is 0 Å². The predicted octanol–water partition coefficient (Wildman–Crippen LogP) is 5.69.